The summed E-state index contributed by atoms with van der Waals surface area (Å²) in [6, 6.07) is 0. The normalized spacial score (nSPS) is 25.1. The molecule has 0 atom stereocenters. The molecule has 0 saturated carbocycles. The molecule has 1 rings (SSSR count). The minimum Gasteiger partial charge on any atom is -0.314 e. The Labute approximate surface area is 44.1 Å². The molecule has 1 fully saturated rings. The molecular weight excluding hydrogens is 86.1 g/mol. The van der Waals surface area contributed by atoms with Crippen molar-refractivity contribution in [3.63, 3.8) is 0 Å². The molecule has 0 aromatic heterocycles. The maximum absolute atomic E-state index is 5.18. The van der Waals surface area contributed by atoms with Crippen LogP contribution in [0, 0.1) is 17.8 Å². The van der Waals surface area contributed by atoms with E-state index in [1.807, 2.05) is 0 Å². The van der Waals surface area contributed by atoms with Crippen molar-refractivity contribution in [1.29, 1.82) is 0 Å². The Morgan fingerprint density at radius 1 is 1.71 bits per heavy atom. The predicted octanol–water partition coefficient (Wildman–Crippen LogP) is 0.229. The molecule has 1 heteroatoms. The summed E-state index contributed by atoms with van der Waals surface area (Å²) in [5, 5.41) is 3.11. The third kappa shape index (κ3) is 0.618. The monoisotopic (exact) mass is 95.1 g/mol. The summed E-state index contributed by atoms with van der Waals surface area (Å²) in [6.07, 6.45) is 5.18. The molecule has 1 saturated heterocycles. The molecule has 1 aliphatic rings. The Morgan fingerprint density at radius 2 is 2.29 bits per heavy atom. The van der Waals surface area contributed by atoms with Crippen molar-refractivity contribution in [2.45, 2.75) is 6.92 Å². The highest BCUT2D eigenvalue weighted by molar-refractivity contribution is 5.10. The fraction of sp³-hybridized carbons (Fsp3) is 0.667. The lowest BCUT2D eigenvalue weighted by atomic mass is 9.86. The molecule has 0 aromatic rings. The van der Waals surface area contributed by atoms with Crippen LogP contribution in [0.15, 0.2) is 0 Å². The molecule has 38 valence electrons. The molecule has 1 nitrogen and oxygen atoms in total. The van der Waals surface area contributed by atoms with Crippen LogP contribution in [-0.4, -0.2) is 13.1 Å². The lowest BCUT2D eigenvalue weighted by Gasteiger charge is -2.33. The van der Waals surface area contributed by atoms with Gasteiger partial charge in [0.1, 0.15) is 0 Å². The van der Waals surface area contributed by atoms with E-state index in [9.17, 15) is 0 Å². The summed E-state index contributed by atoms with van der Waals surface area (Å²) in [5.74, 6) is 2.72. The summed E-state index contributed by atoms with van der Waals surface area (Å²) in [5.41, 5.74) is 0.181. The van der Waals surface area contributed by atoms with Crippen molar-refractivity contribution in [2.24, 2.45) is 5.41 Å². The van der Waals surface area contributed by atoms with Crippen LogP contribution in [0.2, 0.25) is 0 Å². The molecule has 0 aromatic carbocycles. The zero-order valence-corrected chi connectivity index (χ0v) is 4.49. The van der Waals surface area contributed by atoms with Crippen LogP contribution < -0.4 is 5.32 Å². The maximum Gasteiger partial charge on any atom is 0.0532 e. The Balaban J connectivity index is 2.48. The number of rotatable bonds is 0. The van der Waals surface area contributed by atoms with Crippen LogP contribution in [-0.2, 0) is 0 Å². The van der Waals surface area contributed by atoms with Gasteiger partial charge in [-0.15, -0.1) is 6.42 Å². The van der Waals surface area contributed by atoms with Gasteiger partial charge >= 0.3 is 0 Å². The minimum atomic E-state index is 0.181. The van der Waals surface area contributed by atoms with E-state index >= 15 is 0 Å². The molecule has 1 N–H and O–H groups in total. The van der Waals surface area contributed by atoms with Gasteiger partial charge in [0, 0.05) is 13.1 Å². The molecule has 0 unspecified atom stereocenters. The lowest BCUT2D eigenvalue weighted by Crippen LogP contribution is -2.50. The van der Waals surface area contributed by atoms with E-state index in [0.717, 1.165) is 13.1 Å². The van der Waals surface area contributed by atoms with E-state index in [1.54, 1.807) is 0 Å². The van der Waals surface area contributed by atoms with Gasteiger partial charge in [0.15, 0.2) is 0 Å². The number of terminal acetylenes is 1. The van der Waals surface area contributed by atoms with Gasteiger partial charge in [0.2, 0.25) is 0 Å². The molecule has 0 aliphatic carbocycles. The summed E-state index contributed by atoms with van der Waals surface area (Å²) >= 11 is 0. The first-order valence-electron chi connectivity index (χ1n) is 2.45. The molecule has 7 heavy (non-hydrogen) atoms. The van der Waals surface area contributed by atoms with Gasteiger partial charge in [0.25, 0.3) is 0 Å². The number of nitrogens with one attached hydrogen (secondary N) is 1. The van der Waals surface area contributed by atoms with E-state index in [2.05, 4.69) is 18.2 Å². The third-order valence-corrected chi connectivity index (χ3v) is 1.38. The fourth-order valence-electron chi connectivity index (χ4n) is 0.602. The summed E-state index contributed by atoms with van der Waals surface area (Å²) in [7, 11) is 0. The molecule has 0 amide bonds. The first kappa shape index (κ1) is 4.67. The van der Waals surface area contributed by atoms with Crippen LogP contribution in [0.25, 0.3) is 0 Å². The van der Waals surface area contributed by atoms with Gasteiger partial charge in [-0.05, 0) is 6.92 Å². The van der Waals surface area contributed by atoms with E-state index in [1.165, 1.54) is 0 Å². The lowest BCUT2D eigenvalue weighted by molar-refractivity contribution is 0.284. The second kappa shape index (κ2) is 1.24. The Bertz CT molecular complexity index is 106. The van der Waals surface area contributed by atoms with Gasteiger partial charge in [0.05, 0.1) is 5.41 Å². The third-order valence-electron chi connectivity index (χ3n) is 1.38. The second-order valence-electron chi connectivity index (χ2n) is 2.31. The van der Waals surface area contributed by atoms with Crippen LogP contribution in [0.5, 0.6) is 0 Å². The first-order chi connectivity index (χ1) is 3.27. The van der Waals surface area contributed by atoms with E-state index in [4.69, 9.17) is 6.42 Å². The second-order valence-corrected chi connectivity index (χ2v) is 2.31. The van der Waals surface area contributed by atoms with Gasteiger partial charge < -0.3 is 5.32 Å². The summed E-state index contributed by atoms with van der Waals surface area (Å²) in [4.78, 5) is 0. The SMILES string of the molecule is C#CC1(C)CNC1. The highest BCUT2D eigenvalue weighted by atomic mass is 15.0. The smallest absolute Gasteiger partial charge is 0.0532 e. The average Bonchev–Trinajstić information content (AvgIpc) is 1.61. The van der Waals surface area contributed by atoms with Crippen molar-refractivity contribution >= 4 is 0 Å². The van der Waals surface area contributed by atoms with Crippen molar-refractivity contribution in [2.75, 3.05) is 13.1 Å². The Hall–Kier alpha value is -0.480. The first-order valence-corrected chi connectivity index (χ1v) is 2.45. The predicted molar refractivity (Wildman–Crippen MR) is 29.8 cm³/mol. The molecule has 0 spiro atoms. The van der Waals surface area contributed by atoms with Gasteiger partial charge in [-0.1, -0.05) is 5.92 Å². The quantitative estimate of drug-likeness (QED) is 0.425. The van der Waals surface area contributed by atoms with Crippen molar-refractivity contribution in [1.82, 2.24) is 5.32 Å². The average molecular weight is 95.1 g/mol. The standard InChI is InChI=1S/C6H9N/c1-3-6(2)4-7-5-6/h1,7H,4-5H2,2H3. The van der Waals surface area contributed by atoms with Crippen LogP contribution >= 0.6 is 0 Å². The van der Waals surface area contributed by atoms with Crippen LogP contribution in [0.1, 0.15) is 6.92 Å². The van der Waals surface area contributed by atoms with Gasteiger partial charge in [-0.2, -0.15) is 0 Å². The zero-order chi connectivity index (χ0) is 5.33. The molecule has 1 heterocycles. The van der Waals surface area contributed by atoms with Crippen LogP contribution in [0.4, 0.5) is 0 Å². The topological polar surface area (TPSA) is 12.0 Å². The minimum absolute atomic E-state index is 0.181. The van der Waals surface area contributed by atoms with Crippen molar-refractivity contribution < 1.29 is 0 Å². The zero-order valence-electron chi connectivity index (χ0n) is 4.49. The maximum atomic E-state index is 5.18. The molecular formula is C6H9N. The fourth-order valence-corrected chi connectivity index (χ4v) is 0.602. The molecule has 1 aliphatic heterocycles. The Kier molecular flexibility index (Phi) is 0.831. The summed E-state index contributed by atoms with van der Waals surface area (Å²) in [6.45, 7) is 4.07. The number of hydrogen-bond acceptors (Lipinski definition) is 1. The largest absolute Gasteiger partial charge is 0.314 e. The highest BCUT2D eigenvalue weighted by Gasteiger charge is 2.28. The number of hydrogen-bond donors (Lipinski definition) is 1. The van der Waals surface area contributed by atoms with Crippen LogP contribution in [0.3, 0.4) is 0 Å². The van der Waals surface area contributed by atoms with E-state index in [0.29, 0.717) is 0 Å². The van der Waals surface area contributed by atoms with Crippen molar-refractivity contribution in [3.8, 4) is 12.3 Å². The molecule has 0 radical (unpaired) electrons. The van der Waals surface area contributed by atoms with E-state index in [-0.39, 0.29) is 5.41 Å². The Morgan fingerprint density at radius 3 is 2.29 bits per heavy atom. The highest BCUT2D eigenvalue weighted by Crippen LogP contribution is 2.18. The van der Waals surface area contributed by atoms with Gasteiger partial charge in [-0.3, -0.25) is 0 Å². The summed E-state index contributed by atoms with van der Waals surface area (Å²) < 4.78 is 0. The van der Waals surface area contributed by atoms with Gasteiger partial charge in [-0.25, -0.2) is 0 Å². The van der Waals surface area contributed by atoms with E-state index < -0.39 is 0 Å². The van der Waals surface area contributed by atoms with Crippen molar-refractivity contribution in [3.05, 3.63) is 0 Å². The molecule has 0 bridgehead atoms.